The molecule has 0 radical (unpaired) electrons. The molecule has 0 unspecified atom stereocenters. The zero-order valence-corrected chi connectivity index (χ0v) is 17.3. The van der Waals surface area contributed by atoms with Gasteiger partial charge in [0.05, 0.1) is 11.7 Å². The van der Waals surface area contributed by atoms with Crippen LogP contribution in [0.1, 0.15) is 41.7 Å². The predicted molar refractivity (Wildman–Crippen MR) is 110 cm³/mol. The molecule has 4 rings (SSSR count). The number of likely N-dealkylation sites (tertiary alicyclic amines) is 1. The smallest absolute Gasteiger partial charge is 0.253 e. The minimum Gasteiger partial charge on any atom is -0.365 e. The molecule has 7 nitrogen and oxygen atoms in total. The van der Waals surface area contributed by atoms with E-state index in [0.29, 0.717) is 30.3 Å². The number of pyridine rings is 1. The normalized spacial score (nSPS) is 24.0. The molecule has 1 aromatic rings. The molecule has 1 aromatic heterocycles. The van der Waals surface area contributed by atoms with Gasteiger partial charge in [-0.25, -0.2) is 0 Å². The van der Waals surface area contributed by atoms with E-state index < -0.39 is 0 Å². The van der Waals surface area contributed by atoms with Crippen LogP contribution in [0.15, 0.2) is 18.3 Å². The van der Waals surface area contributed by atoms with Crippen LogP contribution in [0.25, 0.3) is 0 Å². The van der Waals surface area contributed by atoms with Gasteiger partial charge < -0.3 is 19.9 Å². The van der Waals surface area contributed by atoms with Crippen molar-refractivity contribution in [2.24, 2.45) is 11.8 Å². The Morgan fingerprint density at radius 3 is 2.69 bits per heavy atom. The van der Waals surface area contributed by atoms with Crippen LogP contribution < -0.4 is 5.32 Å². The summed E-state index contributed by atoms with van der Waals surface area (Å²) >= 11 is 0. The summed E-state index contributed by atoms with van der Waals surface area (Å²) in [5.74, 6) is 1.43. The first-order valence-corrected chi connectivity index (χ1v) is 10.9. The van der Waals surface area contributed by atoms with Gasteiger partial charge in [0.15, 0.2) is 0 Å². The standard InChI is InChI=1S/C22H32N4O3/c1-16-20(3-2-8-23-16)22(28)24-11-19-14-26(21(27)15-29-19)13-18-6-9-25(10-7-18)12-17-4-5-17/h2-3,8,17-19H,4-7,9-15H2,1H3,(H,24,28)/t19-/m1/s1. The molecule has 2 aliphatic heterocycles. The predicted octanol–water partition coefficient (Wildman–Crippen LogP) is 1.47. The number of amides is 2. The van der Waals surface area contributed by atoms with E-state index in [4.69, 9.17) is 4.74 Å². The first-order chi connectivity index (χ1) is 14.1. The van der Waals surface area contributed by atoms with Gasteiger partial charge in [0, 0.05) is 38.1 Å². The topological polar surface area (TPSA) is 74.8 Å². The van der Waals surface area contributed by atoms with Crippen LogP contribution in [0.5, 0.6) is 0 Å². The molecule has 3 heterocycles. The maximum absolute atomic E-state index is 12.4. The number of ether oxygens (including phenoxy) is 1. The number of aromatic nitrogens is 1. The number of piperidine rings is 1. The molecule has 2 amide bonds. The molecular weight excluding hydrogens is 368 g/mol. The van der Waals surface area contributed by atoms with Crippen molar-refractivity contribution in [3.8, 4) is 0 Å². The zero-order valence-electron chi connectivity index (χ0n) is 17.3. The molecule has 0 aromatic carbocycles. The zero-order chi connectivity index (χ0) is 20.2. The number of hydrogen-bond acceptors (Lipinski definition) is 5. The summed E-state index contributed by atoms with van der Waals surface area (Å²) < 4.78 is 5.66. The van der Waals surface area contributed by atoms with Gasteiger partial charge in [0.2, 0.25) is 5.91 Å². The summed E-state index contributed by atoms with van der Waals surface area (Å²) in [6, 6.07) is 3.53. The van der Waals surface area contributed by atoms with Gasteiger partial charge in [-0.3, -0.25) is 14.6 Å². The number of aryl methyl sites for hydroxylation is 1. The highest BCUT2D eigenvalue weighted by molar-refractivity contribution is 5.95. The lowest BCUT2D eigenvalue weighted by molar-refractivity contribution is -0.149. The largest absolute Gasteiger partial charge is 0.365 e. The monoisotopic (exact) mass is 400 g/mol. The molecule has 1 aliphatic carbocycles. The third kappa shape index (κ3) is 5.54. The Kier molecular flexibility index (Phi) is 6.45. The van der Waals surface area contributed by atoms with Crippen LogP contribution in [0, 0.1) is 18.8 Å². The minimum absolute atomic E-state index is 0.0658. The highest BCUT2D eigenvalue weighted by atomic mass is 16.5. The van der Waals surface area contributed by atoms with Gasteiger partial charge in [-0.05, 0) is 69.7 Å². The average Bonchev–Trinajstić information content (AvgIpc) is 3.54. The van der Waals surface area contributed by atoms with Crippen LogP contribution in [0.3, 0.4) is 0 Å². The van der Waals surface area contributed by atoms with E-state index in [1.165, 1.54) is 32.2 Å². The first kappa shape index (κ1) is 20.3. The number of carbonyl (C=O) groups excluding carboxylic acids is 2. The van der Waals surface area contributed by atoms with Gasteiger partial charge in [-0.15, -0.1) is 0 Å². The van der Waals surface area contributed by atoms with Crippen molar-refractivity contribution in [1.82, 2.24) is 20.1 Å². The number of nitrogens with one attached hydrogen (secondary N) is 1. The molecule has 0 spiro atoms. The lowest BCUT2D eigenvalue weighted by atomic mass is 9.95. The molecule has 1 saturated carbocycles. The lowest BCUT2D eigenvalue weighted by Gasteiger charge is -2.38. The Bertz CT molecular complexity index is 729. The number of morpholine rings is 1. The summed E-state index contributed by atoms with van der Waals surface area (Å²) in [7, 11) is 0. The fourth-order valence-electron chi connectivity index (χ4n) is 4.34. The third-order valence-electron chi connectivity index (χ3n) is 6.36. The Morgan fingerprint density at radius 1 is 1.21 bits per heavy atom. The maximum Gasteiger partial charge on any atom is 0.253 e. The number of hydrogen-bond donors (Lipinski definition) is 1. The fraction of sp³-hybridized carbons (Fsp3) is 0.682. The molecule has 3 fully saturated rings. The van der Waals surface area contributed by atoms with E-state index in [-0.39, 0.29) is 24.5 Å². The van der Waals surface area contributed by atoms with E-state index in [1.807, 2.05) is 11.8 Å². The van der Waals surface area contributed by atoms with Crippen molar-refractivity contribution in [1.29, 1.82) is 0 Å². The molecule has 158 valence electrons. The van der Waals surface area contributed by atoms with Crippen molar-refractivity contribution in [2.45, 2.75) is 38.7 Å². The minimum atomic E-state index is -0.163. The maximum atomic E-state index is 12.4. The van der Waals surface area contributed by atoms with Gasteiger partial charge in [0.25, 0.3) is 5.91 Å². The average molecular weight is 401 g/mol. The number of carbonyl (C=O) groups is 2. The Hall–Kier alpha value is -1.99. The second kappa shape index (κ2) is 9.22. The lowest BCUT2D eigenvalue weighted by Crippen LogP contribution is -2.52. The van der Waals surface area contributed by atoms with Crippen molar-refractivity contribution in [3.05, 3.63) is 29.6 Å². The summed E-state index contributed by atoms with van der Waals surface area (Å²) in [6.07, 6.45) is 6.65. The first-order valence-electron chi connectivity index (χ1n) is 10.9. The Morgan fingerprint density at radius 2 is 1.97 bits per heavy atom. The van der Waals surface area contributed by atoms with Crippen molar-refractivity contribution < 1.29 is 14.3 Å². The molecule has 7 heteroatoms. The Labute approximate surface area is 172 Å². The molecule has 2 saturated heterocycles. The second-order valence-corrected chi connectivity index (χ2v) is 8.77. The van der Waals surface area contributed by atoms with Gasteiger partial charge in [-0.2, -0.15) is 0 Å². The highest BCUT2D eigenvalue weighted by Gasteiger charge is 2.31. The Balaban J connectivity index is 1.22. The summed E-state index contributed by atoms with van der Waals surface area (Å²) in [6.45, 7) is 7.26. The van der Waals surface area contributed by atoms with E-state index in [0.717, 1.165) is 25.6 Å². The number of rotatable bonds is 7. The van der Waals surface area contributed by atoms with Crippen LogP contribution in [0.4, 0.5) is 0 Å². The van der Waals surface area contributed by atoms with Gasteiger partial charge in [-0.1, -0.05) is 0 Å². The van der Waals surface area contributed by atoms with Crippen molar-refractivity contribution >= 4 is 11.8 Å². The highest BCUT2D eigenvalue weighted by Crippen LogP contribution is 2.31. The summed E-state index contributed by atoms with van der Waals surface area (Å²) in [5.41, 5.74) is 1.29. The van der Waals surface area contributed by atoms with E-state index in [1.54, 1.807) is 18.3 Å². The van der Waals surface area contributed by atoms with E-state index >= 15 is 0 Å². The van der Waals surface area contributed by atoms with E-state index in [9.17, 15) is 9.59 Å². The summed E-state index contributed by atoms with van der Waals surface area (Å²) in [4.78, 5) is 33.4. The second-order valence-electron chi connectivity index (χ2n) is 8.77. The molecule has 1 atom stereocenters. The quantitative estimate of drug-likeness (QED) is 0.750. The van der Waals surface area contributed by atoms with Crippen molar-refractivity contribution in [2.75, 3.05) is 45.9 Å². The van der Waals surface area contributed by atoms with Crippen LogP contribution >= 0.6 is 0 Å². The van der Waals surface area contributed by atoms with Crippen LogP contribution in [-0.4, -0.2) is 78.6 Å². The molecule has 29 heavy (non-hydrogen) atoms. The molecular formula is C22H32N4O3. The fourth-order valence-corrected chi connectivity index (χ4v) is 4.34. The van der Waals surface area contributed by atoms with Crippen molar-refractivity contribution in [3.63, 3.8) is 0 Å². The van der Waals surface area contributed by atoms with Gasteiger partial charge >= 0.3 is 0 Å². The summed E-state index contributed by atoms with van der Waals surface area (Å²) in [5, 5.41) is 2.93. The third-order valence-corrected chi connectivity index (χ3v) is 6.36. The number of nitrogens with zero attached hydrogens (tertiary/aromatic N) is 3. The molecule has 3 aliphatic rings. The molecule has 1 N–H and O–H groups in total. The van der Waals surface area contributed by atoms with Gasteiger partial charge in [0.1, 0.15) is 6.61 Å². The van der Waals surface area contributed by atoms with E-state index in [2.05, 4.69) is 15.2 Å². The van der Waals surface area contributed by atoms with Crippen LogP contribution in [-0.2, 0) is 9.53 Å². The van der Waals surface area contributed by atoms with Crippen LogP contribution in [0.2, 0.25) is 0 Å². The SMILES string of the molecule is Cc1ncccc1C(=O)NC[C@@H]1CN(CC2CCN(CC3CC3)CC2)C(=O)CO1. The molecule has 0 bridgehead atoms.